The summed E-state index contributed by atoms with van der Waals surface area (Å²) >= 11 is 5.84. The quantitative estimate of drug-likeness (QED) is 0.259. The van der Waals surface area contributed by atoms with Crippen molar-refractivity contribution in [2.75, 3.05) is 13.7 Å². The van der Waals surface area contributed by atoms with Crippen LogP contribution in [0.5, 0.6) is 0 Å². The molecule has 0 amide bonds. The Hall–Kier alpha value is -2.74. The van der Waals surface area contributed by atoms with E-state index in [-0.39, 0.29) is 16.8 Å². The Bertz CT molecular complexity index is 1170. The summed E-state index contributed by atoms with van der Waals surface area (Å²) in [7, 11) is -2.17. The summed E-state index contributed by atoms with van der Waals surface area (Å²) in [5.41, 5.74) is 3.25. The maximum Gasteiger partial charge on any atom is 0.305 e. The fourth-order valence-corrected chi connectivity index (χ4v) is 5.00. The first-order valence-electron chi connectivity index (χ1n) is 11.2. The molecule has 8 heteroatoms. The molecular weight excluding hydrogens is 472 g/mol. The lowest BCUT2D eigenvalue weighted by Gasteiger charge is -2.18. The molecule has 0 radical (unpaired) electrons. The van der Waals surface area contributed by atoms with Gasteiger partial charge in [-0.3, -0.25) is 9.78 Å². The van der Waals surface area contributed by atoms with Crippen LogP contribution < -0.4 is 4.72 Å². The second-order valence-electron chi connectivity index (χ2n) is 8.03. The molecule has 3 rings (SSSR count). The van der Waals surface area contributed by atoms with Gasteiger partial charge in [0.25, 0.3) is 0 Å². The normalized spacial score (nSPS) is 12.3. The highest BCUT2D eigenvalue weighted by Gasteiger charge is 2.16. The standard InChI is InChI=1S/C26H29ClN2O4S/c1-33-26(30)15-10-20(21-7-4-8-22(18-21)23-9-5-16-28-19-23)6-2-3-17-29-34(31,32)25-13-11-24(27)12-14-25/h4-5,7-9,11-14,16,18-20,29H,2-3,6,10,15,17H2,1H3. The van der Waals surface area contributed by atoms with Gasteiger partial charge in [0, 0.05) is 30.4 Å². The summed E-state index contributed by atoms with van der Waals surface area (Å²) in [5, 5.41) is 0.490. The van der Waals surface area contributed by atoms with Crippen LogP contribution in [0.25, 0.3) is 11.1 Å². The maximum atomic E-state index is 12.4. The number of halogens is 1. The number of carbonyl (C=O) groups excluding carboxylic acids is 1. The summed E-state index contributed by atoms with van der Waals surface area (Å²) < 4.78 is 32.3. The molecule has 0 spiro atoms. The lowest BCUT2D eigenvalue weighted by atomic mass is 9.88. The van der Waals surface area contributed by atoms with Crippen LogP contribution in [0, 0.1) is 0 Å². The van der Waals surface area contributed by atoms with Crippen molar-refractivity contribution >= 4 is 27.6 Å². The summed E-state index contributed by atoms with van der Waals surface area (Å²) in [6.45, 7) is 0.338. The van der Waals surface area contributed by atoms with Gasteiger partial charge in [0.2, 0.25) is 10.0 Å². The molecule has 3 aromatic rings. The number of aromatic nitrogens is 1. The molecule has 1 aromatic heterocycles. The molecule has 0 aliphatic heterocycles. The van der Waals surface area contributed by atoms with E-state index >= 15 is 0 Å². The third-order valence-corrected chi connectivity index (χ3v) is 7.40. The first kappa shape index (κ1) is 25.9. The minimum atomic E-state index is -3.57. The van der Waals surface area contributed by atoms with Crippen LogP contribution >= 0.6 is 11.6 Å². The average molecular weight is 501 g/mol. The largest absolute Gasteiger partial charge is 0.469 e. The molecule has 1 heterocycles. The molecule has 1 atom stereocenters. The molecular formula is C26H29ClN2O4S. The number of ether oxygens (including phenoxy) is 1. The number of benzene rings is 2. The number of nitrogens with one attached hydrogen (secondary N) is 1. The topological polar surface area (TPSA) is 85.4 Å². The van der Waals surface area contributed by atoms with Gasteiger partial charge in [-0.25, -0.2) is 13.1 Å². The van der Waals surface area contributed by atoms with Gasteiger partial charge < -0.3 is 4.74 Å². The Morgan fingerprint density at radius 1 is 1.03 bits per heavy atom. The fraction of sp³-hybridized carbons (Fsp3) is 0.308. The lowest BCUT2D eigenvalue weighted by Crippen LogP contribution is -2.24. The number of rotatable bonds is 12. The van der Waals surface area contributed by atoms with E-state index in [9.17, 15) is 13.2 Å². The van der Waals surface area contributed by atoms with Gasteiger partial charge in [-0.2, -0.15) is 0 Å². The van der Waals surface area contributed by atoms with Gasteiger partial charge in [0.15, 0.2) is 0 Å². The van der Waals surface area contributed by atoms with Gasteiger partial charge in [0.05, 0.1) is 12.0 Å². The monoisotopic (exact) mass is 500 g/mol. The third kappa shape index (κ3) is 7.65. The molecule has 0 saturated heterocycles. The highest BCUT2D eigenvalue weighted by atomic mass is 35.5. The van der Waals surface area contributed by atoms with E-state index in [1.807, 2.05) is 30.5 Å². The average Bonchev–Trinajstić information content (AvgIpc) is 2.86. The Morgan fingerprint density at radius 2 is 1.79 bits per heavy atom. The Balaban J connectivity index is 1.61. The van der Waals surface area contributed by atoms with E-state index < -0.39 is 10.0 Å². The Kier molecular flexibility index (Phi) is 9.62. The first-order chi connectivity index (χ1) is 16.4. The molecule has 0 saturated carbocycles. The molecule has 1 unspecified atom stereocenters. The van der Waals surface area contributed by atoms with E-state index in [1.165, 1.54) is 19.2 Å². The van der Waals surface area contributed by atoms with E-state index in [1.54, 1.807) is 18.3 Å². The van der Waals surface area contributed by atoms with Crippen molar-refractivity contribution in [3.8, 4) is 11.1 Å². The van der Waals surface area contributed by atoms with Crippen molar-refractivity contribution in [2.45, 2.75) is 42.9 Å². The van der Waals surface area contributed by atoms with Crippen LogP contribution in [0.4, 0.5) is 0 Å². The summed E-state index contributed by atoms with van der Waals surface area (Å²) in [4.78, 5) is 16.2. The van der Waals surface area contributed by atoms with Crippen molar-refractivity contribution in [3.63, 3.8) is 0 Å². The van der Waals surface area contributed by atoms with Gasteiger partial charge in [-0.15, -0.1) is 0 Å². The van der Waals surface area contributed by atoms with Gasteiger partial charge >= 0.3 is 5.97 Å². The summed E-state index contributed by atoms with van der Waals surface area (Å²) in [5.74, 6) is -0.0762. The van der Waals surface area contributed by atoms with Crippen molar-refractivity contribution in [1.29, 1.82) is 0 Å². The Labute approximate surface area is 206 Å². The zero-order chi connectivity index (χ0) is 24.4. The van der Waals surface area contributed by atoms with Crippen LogP contribution in [0.1, 0.15) is 43.6 Å². The molecule has 0 fully saturated rings. The van der Waals surface area contributed by atoms with Gasteiger partial charge in [0.1, 0.15) is 0 Å². The fourth-order valence-electron chi connectivity index (χ4n) is 3.80. The molecule has 0 bridgehead atoms. The van der Waals surface area contributed by atoms with Gasteiger partial charge in [-0.1, -0.05) is 48.4 Å². The molecule has 0 aliphatic carbocycles. The van der Waals surface area contributed by atoms with E-state index in [0.29, 0.717) is 30.8 Å². The molecule has 180 valence electrons. The van der Waals surface area contributed by atoms with Crippen LogP contribution in [0.2, 0.25) is 5.02 Å². The van der Waals surface area contributed by atoms with Gasteiger partial charge in [-0.05, 0) is 72.2 Å². The van der Waals surface area contributed by atoms with Crippen molar-refractivity contribution in [1.82, 2.24) is 9.71 Å². The SMILES string of the molecule is COC(=O)CCC(CCCCNS(=O)(=O)c1ccc(Cl)cc1)c1cccc(-c2cccnc2)c1. The highest BCUT2D eigenvalue weighted by Crippen LogP contribution is 2.30. The number of pyridine rings is 1. The first-order valence-corrected chi connectivity index (χ1v) is 13.1. The smallest absolute Gasteiger partial charge is 0.305 e. The number of hydrogen-bond acceptors (Lipinski definition) is 5. The van der Waals surface area contributed by atoms with Crippen LogP contribution in [0.15, 0.2) is 78.0 Å². The number of methoxy groups -OCH3 is 1. The Morgan fingerprint density at radius 3 is 2.50 bits per heavy atom. The number of nitrogens with zero attached hydrogens (tertiary/aromatic N) is 1. The summed E-state index contributed by atoms with van der Waals surface area (Å²) in [6.07, 6.45) is 6.90. The van der Waals surface area contributed by atoms with Crippen molar-refractivity contribution < 1.29 is 17.9 Å². The number of carbonyl (C=O) groups is 1. The number of unbranched alkanes of at least 4 members (excludes halogenated alkanes) is 1. The second-order valence-corrected chi connectivity index (χ2v) is 10.2. The van der Waals surface area contributed by atoms with Crippen LogP contribution in [-0.2, 0) is 19.6 Å². The van der Waals surface area contributed by atoms with E-state index in [4.69, 9.17) is 16.3 Å². The van der Waals surface area contributed by atoms with Crippen molar-refractivity contribution in [3.05, 3.63) is 83.6 Å². The highest BCUT2D eigenvalue weighted by molar-refractivity contribution is 7.89. The minimum absolute atomic E-state index is 0.156. The second kappa shape index (κ2) is 12.6. The predicted octanol–water partition coefficient (Wildman–Crippen LogP) is 5.59. The number of hydrogen-bond donors (Lipinski definition) is 1. The van der Waals surface area contributed by atoms with E-state index in [2.05, 4.69) is 21.8 Å². The summed E-state index contributed by atoms with van der Waals surface area (Å²) in [6, 6.07) is 18.3. The predicted molar refractivity (Wildman–Crippen MR) is 134 cm³/mol. The minimum Gasteiger partial charge on any atom is -0.469 e. The zero-order valence-corrected chi connectivity index (χ0v) is 20.7. The molecule has 1 N–H and O–H groups in total. The van der Waals surface area contributed by atoms with E-state index in [0.717, 1.165) is 29.5 Å². The lowest BCUT2D eigenvalue weighted by molar-refractivity contribution is -0.140. The molecule has 0 aliphatic rings. The molecule has 2 aromatic carbocycles. The van der Waals surface area contributed by atoms with Crippen LogP contribution in [0.3, 0.4) is 0 Å². The molecule has 6 nitrogen and oxygen atoms in total. The third-order valence-electron chi connectivity index (χ3n) is 5.67. The van der Waals surface area contributed by atoms with Crippen LogP contribution in [-0.4, -0.2) is 33.0 Å². The molecule has 34 heavy (non-hydrogen) atoms. The maximum absolute atomic E-state index is 12.4. The zero-order valence-electron chi connectivity index (χ0n) is 19.1. The number of sulfonamides is 1. The number of esters is 1. The van der Waals surface area contributed by atoms with Crippen molar-refractivity contribution in [2.24, 2.45) is 0 Å².